The van der Waals surface area contributed by atoms with Crippen LogP contribution in [0, 0.1) is 17.6 Å². The van der Waals surface area contributed by atoms with E-state index < -0.39 is 17.6 Å². The zero-order chi connectivity index (χ0) is 25.9. The molecule has 0 radical (unpaired) electrons. The van der Waals surface area contributed by atoms with Gasteiger partial charge in [0.2, 0.25) is 0 Å². The molecule has 1 heterocycles. The van der Waals surface area contributed by atoms with Crippen molar-refractivity contribution >= 4 is 28.6 Å². The summed E-state index contributed by atoms with van der Waals surface area (Å²) >= 11 is 6.13. The fourth-order valence-electron chi connectivity index (χ4n) is 5.22. The van der Waals surface area contributed by atoms with E-state index in [1.165, 1.54) is 13.2 Å². The Morgan fingerprint density at radius 1 is 1.05 bits per heavy atom. The molecule has 0 spiro atoms. The average molecular weight is 525 g/mol. The second-order valence-electron chi connectivity index (χ2n) is 9.33. The van der Waals surface area contributed by atoms with Crippen LogP contribution in [0.4, 0.5) is 8.78 Å². The van der Waals surface area contributed by atoms with E-state index in [-0.39, 0.29) is 18.6 Å². The molecule has 5 nitrogen and oxygen atoms in total. The lowest BCUT2D eigenvalue weighted by molar-refractivity contribution is 0.0594. The lowest BCUT2D eigenvalue weighted by Crippen LogP contribution is -2.28. The van der Waals surface area contributed by atoms with E-state index >= 15 is 0 Å². The van der Waals surface area contributed by atoms with Gasteiger partial charge in [-0.05, 0) is 55.2 Å². The highest BCUT2D eigenvalue weighted by Crippen LogP contribution is 2.39. The highest BCUT2D eigenvalue weighted by molar-refractivity contribution is 6.30. The van der Waals surface area contributed by atoms with Gasteiger partial charge in [0.25, 0.3) is 0 Å². The van der Waals surface area contributed by atoms with E-state index in [1.54, 1.807) is 36.4 Å². The van der Waals surface area contributed by atoms with Gasteiger partial charge in [-0.25, -0.2) is 18.6 Å². The first-order valence-electron chi connectivity index (χ1n) is 12.4. The number of carbonyl (C=O) groups excluding carboxylic acids is 1. The number of aromatic nitrogens is 2. The molecule has 1 aromatic heterocycles. The molecule has 0 bridgehead atoms. The number of nitrogens with zero attached hydrogens (tertiary/aromatic N) is 2. The van der Waals surface area contributed by atoms with Gasteiger partial charge < -0.3 is 14.0 Å². The Morgan fingerprint density at radius 2 is 1.76 bits per heavy atom. The number of rotatable bonds is 7. The molecule has 37 heavy (non-hydrogen) atoms. The smallest absolute Gasteiger partial charge is 0.341 e. The summed E-state index contributed by atoms with van der Waals surface area (Å²) in [5.41, 5.74) is 1.95. The molecule has 0 aliphatic heterocycles. The topological polar surface area (TPSA) is 53.4 Å². The summed E-state index contributed by atoms with van der Waals surface area (Å²) < 4.78 is 41.9. The molecule has 192 valence electrons. The molecular weight excluding hydrogens is 498 g/mol. The van der Waals surface area contributed by atoms with Gasteiger partial charge in [-0.3, -0.25) is 0 Å². The summed E-state index contributed by atoms with van der Waals surface area (Å²) in [5, 5.41) is 0.579. The number of methoxy groups -OCH3 is 1. The molecule has 1 unspecified atom stereocenters. The average Bonchev–Trinajstić information content (AvgIpc) is 3.27. The van der Waals surface area contributed by atoms with Gasteiger partial charge in [0.15, 0.2) is 11.6 Å². The summed E-state index contributed by atoms with van der Waals surface area (Å²) in [6.07, 6.45) is 5.24. The van der Waals surface area contributed by atoms with Crippen molar-refractivity contribution < 1.29 is 23.0 Å². The Bertz CT molecular complexity index is 1410. The fraction of sp³-hybridized carbons (Fsp3) is 0.310. The van der Waals surface area contributed by atoms with Crippen molar-refractivity contribution in [3.63, 3.8) is 0 Å². The van der Waals surface area contributed by atoms with E-state index in [4.69, 9.17) is 26.1 Å². The van der Waals surface area contributed by atoms with Gasteiger partial charge in [0.1, 0.15) is 23.7 Å². The third-order valence-electron chi connectivity index (χ3n) is 7.06. The molecule has 0 saturated heterocycles. The standard InChI is InChI=1S/C29H27ClF2N2O3/c1-36-29(35)21-9-5-6-10-27(21)37-17-26(18-7-3-2-4-8-18)34-25-16-23(32)22(31)15-24(25)33-28(34)19-11-13-20(30)14-12-19/h5-6,9-16,18,26H,2-4,7-8,17H2,1H3. The van der Waals surface area contributed by atoms with Gasteiger partial charge in [0, 0.05) is 22.7 Å². The number of benzene rings is 3. The molecule has 1 saturated carbocycles. The van der Waals surface area contributed by atoms with Crippen LogP contribution in [0.2, 0.25) is 5.02 Å². The maximum Gasteiger partial charge on any atom is 0.341 e. The molecule has 3 aromatic carbocycles. The van der Waals surface area contributed by atoms with E-state index in [1.807, 2.05) is 16.7 Å². The number of esters is 1. The molecule has 4 aromatic rings. The molecule has 1 fully saturated rings. The first-order valence-corrected chi connectivity index (χ1v) is 12.8. The number of hydrogen-bond acceptors (Lipinski definition) is 4. The highest BCUT2D eigenvalue weighted by atomic mass is 35.5. The van der Waals surface area contributed by atoms with Crippen LogP contribution in [0.1, 0.15) is 48.5 Å². The number of carbonyl (C=O) groups is 1. The third-order valence-corrected chi connectivity index (χ3v) is 7.31. The monoisotopic (exact) mass is 524 g/mol. The number of ether oxygens (including phenoxy) is 2. The number of fused-ring (bicyclic) bond motifs is 1. The van der Waals surface area contributed by atoms with E-state index in [0.717, 1.165) is 43.7 Å². The maximum absolute atomic E-state index is 14.5. The Hall–Kier alpha value is -3.45. The van der Waals surface area contributed by atoms with Crippen LogP contribution in [0.25, 0.3) is 22.4 Å². The van der Waals surface area contributed by atoms with Crippen LogP contribution in [0.15, 0.2) is 60.7 Å². The van der Waals surface area contributed by atoms with E-state index in [0.29, 0.717) is 33.2 Å². The second kappa shape index (κ2) is 10.9. The summed E-state index contributed by atoms with van der Waals surface area (Å²) in [7, 11) is 1.33. The number of para-hydroxylation sites is 1. The maximum atomic E-state index is 14.5. The van der Waals surface area contributed by atoms with Gasteiger partial charge in [-0.2, -0.15) is 0 Å². The minimum absolute atomic E-state index is 0.212. The molecule has 1 atom stereocenters. The number of imidazole rings is 1. The second-order valence-corrected chi connectivity index (χ2v) is 9.77. The van der Waals surface area contributed by atoms with Crippen molar-refractivity contribution in [2.45, 2.75) is 38.1 Å². The summed E-state index contributed by atoms with van der Waals surface area (Å²) in [4.78, 5) is 17.0. The minimum atomic E-state index is -0.947. The lowest BCUT2D eigenvalue weighted by Gasteiger charge is -2.33. The molecule has 5 rings (SSSR count). The minimum Gasteiger partial charge on any atom is -0.491 e. The van der Waals surface area contributed by atoms with Gasteiger partial charge in [0.05, 0.1) is 24.2 Å². The SMILES string of the molecule is COC(=O)c1ccccc1OCC(C1CCCCC1)n1c(-c2ccc(Cl)cc2)nc2cc(F)c(F)cc21. The summed E-state index contributed by atoms with van der Waals surface area (Å²) in [6.45, 7) is 0.212. The summed E-state index contributed by atoms with van der Waals surface area (Å²) in [5.74, 6) is -1.16. The van der Waals surface area contributed by atoms with Crippen LogP contribution < -0.4 is 4.74 Å². The lowest BCUT2D eigenvalue weighted by atomic mass is 9.83. The first-order chi connectivity index (χ1) is 18.0. The fourth-order valence-corrected chi connectivity index (χ4v) is 5.34. The molecule has 1 aliphatic carbocycles. The summed E-state index contributed by atoms with van der Waals surface area (Å²) in [6, 6.07) is 16.2. The largest absolute Gasteiger partial charge is 0.491 e. The van der Waals surface area contributed by atoms with Crippen molar-refractivity contribution in [3.05, 3.63) is 82.9 Å². The molecule has 0 N–H and O–H groups in total. The van der Waals surface area contributed by atoms with E-state index in [9.17, 15) is 13.6 Å². The highest BCUT2D eigenvalue weighted by Gasteiger charge is 2.31. The van der Waals surface area contributed by atoms with Gasteiger partial charge in [-0.1, -0.05) is 43.0 Å². The Morgan fingerprint density at radius 3 is 2.49 bits per heavy atom. The van der Waals surface area contributed by atoms with Crippen molar-refractivity contribution in [1.29, 1.82) is 0 Å². The normalized spacial score (nSPS) is 15.0. The van der Waals surface area contributed by atoms with Crippen LogP contribution in [0.5, 0.6) is 5.75 Å². The zero-order valence-corrected chi connectivity index (χ0v) is 21.2. The third kappa shape index (κ3) is 5.18. The Labute approximate surface area is 219 Å². The quantitative estimate of drug-likeness (QED) is 0.233. The number of hydrogen-bond donors (Lipinski definition) is 0. The number of halogens is 3. The molecule has 0 amide bonds. The van der Waals surface area contributed by atoms with Crippen molar-refractivity contribution in [3.8, 4) is 17.1 Å². The Balaban J connectivity index is 1.64. The van der Waals surface area contributed by atoms with Crippen LogP contribution in [-0.2, 0) is 4.74 Å². The van der Waals surface area contributed by atoms with Crippen LogP contribution in [0.3, 0.4) is 0 Å². The van der Waals surface area contributed by atoms with Crippen molar-refractivity contribution in [1.82, 2.24) is 9.55 Å². The Kier molecular flexibility index (Phi) is 7.42. The van der Waals surface area contributed by atoms with Crippen molar-refractivity contribution in [2.75, 3.05) is 13.7 Å². The molecule has 8 heteroatoms. The predicted molar refractivity (Wildman–Crippen MR) is 139 cm³/mol. The van der Waals surface area contributed by atoms with Crippen LogP contribution >= 0.6 is 11.6 Å². The zero-order valence-electron chi connectivity index (χ0n) is 20.4. The molecular formula is C29H27ClF2N2O3. The first kappa shape index (κ1) is 25.2. The molecule has 1 aliphatic rings. The van der Waals surface area contributed by atoms with Crippen molar-refractivity contribution in [2.24, 2.45) is 5.92 Å². The van der Waals surface area contributed by atoms with E-state index in [2.05, 4.69) is 0 Å². The predicted octanol–water partition coefficient (Wildman–Crippen LogP) is 7.62. The van der Waals surface area contributed by atoms with Gasteiger partial charge >= 0.3 is 5.97 Å². The van der Waals surface area contributed by atoms with Crippen LogP contribution in [-0.4, -0.2) is 29.2 Å². The van der Waals surface area contributed by atoms with Gasteiger partial charge in [-0.15, -0.1) is 0 Å².